The maximum absolute atomic E-state index is 12.4. The summed E-state index contributed by atoms with van der Waals surface area (Å²) in [7, 11) is 0. The molecule has 6 atom stereocenters. The molecule has 0 aliphatic heterocycles. The molecule has 4 aliphatic carbocycles. The maximum Gasteiger partial charge on any atom is 0.325 e. The summed E-state index contributed by atoms with van der Waals surface area (Å²) in [4.78, 5) is 28.5. The Morgan fingerprint density at radius 3 is 2.69 bits per heavy atom. The van der Waals surface area contributed by atoms with Gasteiger partial charge in [-0.3, -0.25) is 14.6 Å². The summed E-state index contributed by atoms with van der Waals surface area (Å²) in [6.45, 7) is 7.79. The van der Waals surface area contributed by atoms with Crippen molar-refractivity contribution in [3.05, 3.63) is 47.8 Å². The third kappa shape index (κ3) is 4.53. The van der Waals surface area contributed by atoms with Crippen LogP contribution >= 0.6 is 0 Å². The number of esters is 1. The molecule has 194 valence electrons. The van der Waals surface area contributed by atoms with Gasteiger partial charge in [0.25, 0.3) is 0 Å². The topological polar surface area (TPSA) is 80.3 Å². The number of nitrogens with zero attached hydrogens (tertiary/aromatic N) is 1. The van der Waals surface area contributed by atoms with Gasteiger partial charge in [0.2, 0.25) is 5.91 Å². The van der Waals surface area contributed by atoms with E-state index in [-0.39, 0.29) is 41.9 Å². The Morgan fingerprint density at radius 2 is 1.92 bits per heavy atom. The highest BCUT2D eigenvalue weighted by molar-refractivity contribution is 5.83. The summed E-state index contributed by atoms with van der Waals surface area (Å²) >= 11 is 0. The monoisotopic (exact) mass is 491 g/mol. The van der Waals surface area contributed by atoms with Gasteiger partial charge in [-0.1, -0.05) is 44.6 Å². The highest BCUT2D eigenvalue weighted by Crippen LogP contribution is 2.66. The summed E-state index contributed by atoms with van der Waals surface area (Å²) < 4.78 is 5.80. The van der Waals surface area contributed by atoms with Gasteiger partial charge < -0.3 is 15.4 Å². The van der Waals surface area contributed by atoms with E-state index in [1.807, 2.05) is 19.3 Å². The van der Waals surface area contributed by atoms with Crippen molar-refractivity contribution in [3.8, 4) is 0 Å². The van der Waals surface area contributed by atoms with Crippen molar-refractivity contribution in [2.24, 2.45) is 28.6 Å². The highest BCUT2D eigenvalue weighted by Gasteiger charge is 2.57. The van der Waals surface area contributed by atoms with Gasteiger partial charge in [0.1, 0.15) is 12.6 Å². The zero-order valence-corrected chi connectivity index (χ0v) is 22.0. The van der Waals surface area contributed by atoms with E-state index in [4.69, 9.17) is 4.74 Å². The summed E-state index contributed by atoms with van der Waals surface area (Å²) in [6.07, 6.45) is 16.4. The van der Waals surface area contributed by atoms with E-state index >= 15 is 0 Å². The standard InChI is InChI=1S/C30H41N3O3/c1-4-31-18-27(34)33-19-28(35)36-22-11-13-29(2)21(16-22)7-8-23-25-10-9-24(20-6-5-15-32-17-20)30(25,3)14-12-26(23)29/h5-7,9,15,17,22-23,25-26,31H,4,8,10-14,16,18-19H2,1-3H3,(H,33,34). The molecule has 0 radical (unpaired) electrons. The van der Waals surface area contributed by atoms with Crippen LogP contribution < -0.4 is 10.6 Å². The Morgan fingerprint density at radius 1 is 1.08 bits per heavy atom. The predicted molar refractivity (Wildman–Crippen MR) is 141 cm³/mol. The molecule has 0 spiro atoms. The number of pyridine rings is 1. The van der Waals surface area contributed by atoms with Gasteiger partial charge in [-0.25, -0.2) is 0 Å². The number of carbonyl (C=O) groups is 2. The fourth-order valence-electron chi connectivity index (χ4n) is 7.96. The number of hydrogen-bond acceptors (Lipinski definition) is 5. The quantitative estimate of drug-likeness (QED) is 0.428. The van der Waals surface area contributed by atoms with Crippen molar-refractivity contribution in [3.63, 3.8) is 0 Å². The van der Waals surface area contributed by atoms with Crippen molar-refractivity contribution in [2.75, 3.05) is 19.6 Å². The molecular weight excluding hydrogens is 450 g/mol. The van der Waals surface area contributed by atoms with Gasteiger partial charge >= 0.3 is 5.97 Å². The minimum atomic E-state index is -0.337. The van der Waals surface area contributed by atoms with Crippen LogP contribution in [0.4, 0.5) is 0 Å². The Balaban J connectivity index is 1.22. The number of fused-ring (bicyclic) bond motifs is 5. The Bertz CT molecular complexity index is 1050. The van der Waals surface area contributed by atoms with E-state index < -0.39 is 0 Å². The number of allylic oxidation sites excluding steroid dienone is 3. The fourth-order valence-corrected chi connectivity index (χ4v) is 7.96. The number of nitrogens with one attached hydrogen (secondary N) is 2. The molecule has 4 aliphatic rings. The molecule has 6 heteroatoms. The summed E-state index contributed by atoms with van der Waals surface area (Å²) in [6, 6.07) is 4.27. The van der Waals surface area contributed by atoms with Crippen LogP contribution in [-0.2, 0) is 14.3 Å². The van der Waals surface area contributed by atoms with E-state index in [0.29, 0.717) is 17.8 Å². The molecular formula is C30H41N3O3. The first-order chi connectivity index (χ1) is 17.3. The summed E-state index contributed by atoms with van der Waals surface area (Å²) in [5.41, 5.74) is 4.72. The first kappa shape index (κ1) is 25.2. The molecule has 0 aromatic carbocycles. The lowest BCUT2D eigenvalue weighted by Crippen LogP contribution is -2.50. The van der Waals surface area contributed by atoms with E-state index in [1.165, 1.54) is 36.0 Å². The van der Waals surface area contributed by atoms with Crippen LogP contribution in [0.5, 0.6) is 0 Å². The average molecular weight is 492 g/mol. The molecule has 0 saturated heterocycles. The van der Waals surface area contributed by atoms with Crippen molar-refractivity contribution >= 4 is 17.4 Å². The van der Waals surface area contributed by atoms with Crippen LogP contribution in [0.1, 0.15) is 71.3 Å². The molecule has 1 aromatic rings. The third-order valence-electron chi connectivity index (χ3n) is 9.88. The first-order valence-electron chi connectivity index (χ1n) is 13.8. The number of likely N-dealkylation sites (N-methyl/N-ethyl adjacent to an activating group) is 1. The second-order valence-corrected chi connectivity index (χ2v) is 11.7. The van der Waals surface area contributed by atoms with Gasteiger partial charge in [-0.05, 0) is 90.9 Å². The molecule has 6 unspecified atom stereocenters. The highest BCUT2D eigenvalue weighted by atomic mass is 16.5. The van der Waals surface area contributed by atoms with Gasteiger partial charge in [-0.15, -0.1) is 0 Å². The molecule has 1 amide bonds. The minimum absolute atomic E-state index is 0.0612. The molecule has 5 rings (SSSR count). The number of hydrogen-bond donors (Lipinski definition) is 2. The summed E-state index contributed by atoms with van der Waals surface area (Å²) in [5.74, 6) is 1.57. The summed E-state index contributed by atoms with van der Waals surface area (Å²) in [5, 5.41) is 5.61. The lowest BCUT2D eigenvalue weighted by atomic mass is 9.47. The molecule has 36 heavy (non-hydrogen) atoms. The predicted octanol–water partition coefficient (Wildman–Crippen LogP) is 4.68. The van der Waals surface area contributed by atoms with E-state index in [0.717, 1.165) is 32.2 Å². The Kier molecular flexibility index (Phi) is 7.08. The third-order valence-corrected chi connectivity index (χ3v) is 9.88. The van der Waals surface area contributed by atoms with Crippen LogP contribution in [-0.4, -0.2) is 42.6 Å². The van der Waals surface area contributed by atoms with Crippen LogP contribution in [0.3, 0.4) is 0 Å². The Labute approximate surface area is 215 Å². The van der Waals surface area contributed by atoms with Crippen LogP contribution in [0.25, 0.3) is 5.57 Å². The SMILES string of the molecule is CCNCC(=O)NCC(=O)OC1CCC2(C)C(=CCC3C2CCC2(C)C(c4cccnc4)=CCC32)C1. The smallest absolute Gasteiger partial charge is 0.325 e. The Hall–Kier alpha value is -2.47. The van der Waals surface area contributed by atoms with Gasteiger partial charge in [0.15, 0.2) is 0 Å². The van der Waals surface area contributed by atoms with Crippen LogP contribution in [0.15, 0.2) is 42.3 Å². The number of amides is 1. The lowest BCUT2D eigenvalue weighted by Gasteiger charge is -2.57. The average Bonchev–Trinajstić information content (AvgIpc) is 3.24. The molecule has 6 nitrogen and oxygen atoms in total. The van der Waals surface area contributed by atoms with Crippen molar-refractivity contribution in [1.29, 1.82) is 0 Å². The van der Waals surface area contributed by atoms with E-state index in [2.05, 4.69) is 53.7 Å². The number of carbonyl (C=O) groups excluding carboxylic acids is 2. The number of aromatic nitrogens is 1. The van der Waals surface area contributed by atoms with E-state index in [9.17, 15) is 9.59 Å². The molecule has 2 fully saturated rings. The second-order valence-electron chi connectivity index (χ2n) is 11.7. The molecule has 1 aromatic heterocycles. The van der Waals surface area contributed by atoms with Crippen molar-refractivity contribution < 1.29 is 14.3 Å². The van der Waals surface area contributed by atoms with Crippen molar-refractivity contribution in [1.82, 2.24) is 15.6 Å². The largest absolute Gasteiger partial charge is 0.461 e. The van der Waals surface area contributed by atoms with Crippen molar-refractivity contribution in [2.45, 2.75) is 71.8 Å². The van der Waals surface area contributed by atoms with E-state index in [1.54, 1.807) is 0 Å². The van der Waals surface area contributed by atoms with Gasteiger partial charge in [-0.2, -0.15) is 0 Å². The van der Waals surface area contributed by atoms with Gasteiger partial charge in [0, 0.05) is 18.8 Å². The molecule has 1 heterocycles. The van der Waals surface area contributed by atoms with Gasteiger partial charge in [0.05, 0.1) is 6.54 Å². The molecule has 2 N–H and O–H groups in total. The zero-order valence-electron chi connectivity index (χ0n) is 22.0. The van der Waals surface area contributed by atoms with Crippen LogP contribution in [0, 0.1) is 28.6 Å². The lowest BCUT2D eigenvalue weighted by molar-refractivity contribution is -0.151. The normalized spacial score (nSPS) is 35.0. The molecule has 2 saturated carbocycles. The maximum atomic E-state index is 12.4. The second kappa shape index (κ2) is 10.1. The fraction of sp³-hybridized carbons (Fsp3) is 0.633. The molecule has 0 bridgehead atoms. The minimum Gasteiger partial charge on any atom is -0.461 e. The number of ether oxygens (including phenoxy) is 1. The number of rotatable bonds is 7. The first-order valence-corrected chi connectivity index (χ1v) is 13.8. The van der Waals surface area contributed by atoms with Crippen LogP contribution in [0.2, 0.25) is 0 Å². The zero-order chi connectivity index (χ0) is 25.3.